The van der Waals surface area contributed by atoms with Gasteiger partial charge in [0.15, 0.2) is 0 Å². The summed E-state index contributed by atoms with van der Waals surface area (Å²) in [6.45, 7) is 2.19. The molecule has 0 saturated heterocycles. The van der Waals surface area contributed by atoms with Crippen LogP contribution in [-0.2, 0) is 0 Å². The Hall–Kier alpha value is -2.30. The van der Waals surface area contributed by atoms with Gasteiger partial charge in [0, 0.05) is 12.3 Å². The highest BCUT2D eigenvalue weighted by atomic mass is 16.3. The van der Waals surface area contributed by atoms with Gasteiger partial charge in [-0.05, 0) is 28.7 Å². The zero-order valence-corrected chi connectivity index (χ0v) is 14.2. The SMILES string of the molecule is CCCCCC#CC(O)C1C(c2ccccc2)=C1c1ccccc1. The van der Waals surface area contributed by atoms with Gasteiger partial charge in [-0.1, -0.05) is 86.3 Å². The summed E-state index contributed by atoms with van der Waals surface area (Å²) in [5, 5.41) is 10.6. The summed E-state index contributed by atoms with van der Waals surface area (Å²) in [7, 11) is 0. The quantitative estimate of drug-likeness (QED) is 0.575. The molecule has 0 saturated carbocycles. The molecule has 1 atom stereocenters. The van der Waals surface area contributed by atoms with Crippen molar-refractivity contribution in [3.05, 3.63) is 71.8 Å². The predicted octanol–water partition coefficient (Wildman–Crippen LogP) is 5.17. The van der Waals surface area contributed by atoms with E-state index in [1.54, 1.807) is 0 Å². The van der Waals surface area contributed by atoms with E-state index in [4.69, 9.17) is 0 Å². The fourth-order valence-corrected chi connectivity index (χ4v) is 3.18. The van der Waals surface area contributed by atoms with Crippen molar-refractivity contribution in [1.82, 2.24) is 0 Å². The first kappa shape index (κ1) is 16.6. The molecule has 1 heteroatoms. The number of rotatable bonds is 6. The van der Waals surface area contributed by atoms with Crippen LogP contribution in [0, 0.1) is 17.8 Å². The highest BCUT2D eigenvalue weighted by molar-refractivity contribution is 6.11. The molecule has 0 fully saturated rings. The van der Waals surface area contributed by atoms with Gasteiger partial charge in [-0.3, -0.25) is 0 Å². The smallest absolute Gasteiger partial charge is 0.125 e. The van der Waals surface area contributed by atoms with Crippen LogP contribution in [0.1, 0.15) is 43.7 Å². The fraction of sp³-hybridized carbons (Fsp3) is 0.304. The van der Waals surface area contributed by atoms with Crippen molar-refractivity contribution in [3.8, 4) is 11.8 Å². The maximum Gasteiger partial charge on any atom is 0.125 e. The minimum atomic E-state index is -0.614. The number of hydrogen-bond acceptors (Lipinski definition) is 1. The van der Waals surface area contributed by atoms with Crippen LogP contribution in [0.5, 0.6) is 0 Å². The van der Waals surface area contributed by atoms with Gasteiger partial charge in [0.1, 0.15) is 6.10 Å². The molecule has 1 unspecified atom stereocenters. The molecule has 1 aliphatic carbocycles. The van der Waals surface area contributed by atoms with Crippen molar-refractivity contribution in [2.24, 2.45) is 5.92 Å². The molecule has 2 aromatic rings. The van der Waals surface area contributed by atoms with Crippen LogP contribution in [-0.4, -0.2) is 11.2 Å². The van der Waals surface area contributed by atoms with Crippen molar-refractivity contribution < 1.29 is 5.11 Å². The average Bonchev–Trinajstić information content (AvgIpc) is 3.39. The van der Waals surface area contributed by atoms with Crippen molar-refractivity contribution in [1.29, 1.82) is 0 Å². The first-order valence-corrected chi connectivity index (χ1v) is 8.84. The molecule has 0 heterocycles. The van der Waals surface area contributed by atoms with E-state index in [-0.39, 0.29) is 5.92 Å². The molecule has 3 rings (SSSR count). The van der Waals surface area contributed by atoms with Crippen LogP contribution < -0.4 is 0 Å². The zero-order chi connectivity index (χ0) is 16.8. The monoisotopic (exact) mass is 316 g/mol. The summed E-state index contributed by atoms with van der Waals surface area (Å²) in [6.07, 6.45) is 3.78. The molecule has 1 N–H and O–H groups in total. The third-order valence-corrected chi connectivity index (χ3v) is 4.47. The Balaban J connectivity index is 1.78. The van der Waals surface area contributed by atoms with Gasteiger partial charge in [0.25, 0.3) is 0 Å². The standard InChI is InChI=1S/C23H24O/c1-2-3-4-5-12-17-20(24)23-21(18-13-8-6-9-14-18)22(23)19-15-10-7-11-16-19/h6-11,13-16,20,23-24H,2-5H2,1H3. The van der Waals surface area contributed by atoms with Crippen LogP contribution in [0.4, 0.5) is 0 Å². The van der Waals surface area contributed by atoms with Gasteiger partial charge < -0.3 is 5.11 Å². The molecule has 0 spiro atoms. The van der Waals surface area contributed by atoms with Crippen LogP contribution in [0.25, 0.3) is 11.1 Å². The lowest BCUT2D eigenvalue weighted by Crippen LogP contribution is -2.09. The lowest BCUT2D eigenvalue weighted by Gasteiger charge is -2.05. The van der Waals surface area contributed by atoms with Crippen molar-refractivity contribution in [3.63, 3.8) is 0 Å². The molecule has 1 aliphatic rings. The maximum atomic E-state index is 10.6. The van der Waals surface area contributed by atoms with E-state index in [1.165, 1.54) is 35.1 Å². The Morgan fingerprint density at radius 3 is 1.92 bits per heavy atom. The number of aliphatic hydroxyl groups excluding tert-OH is 1. The third kappa shape index (κ3) is 3.78. The van der Waals surface area contributed by atoms with E-state index in [0.29, 0.717) is 0 Å². The largest absolute Gasteiger partial charge is 0.379 e. The fourth-order valence-electron chi connectivity index (χ4n) is 3.18. The minimum Gasteiger partial charge on any atom is -0.379 e. The molecule has 122 valence electrons. The number of benzene rings is 2. The summed E-state index contributed by atoms with van der Waals surface area (Å²) in [5.41, 5.74) is 4.84. The van der Waals surface area contributed by atoms with Crippen molar-refractivity contribution in [2.75, 3.05) is 0 Å². The van der Waals surface area contributed by atoms with E-state index in [9.17, 15) is 5.11 Å². The maximum absolute atomic E-state index is 10.6. The predicted molar refractivity (Wildman–Crippen MR) is 101 cm³/mol. The summed E-state index contributed by atoms with van der Waals surface area (Å²) in [4.78, 5) is 0. The van der Waals surface area contributed by atoms with Gasteiger partial charge in [0.2, 0.25) is 0 Å². The van der Waals surface area contributed by atoms with Gasteiger partial charge in [-0.15, -0.1) is 5.92 Å². The van der Waals surface area contributed by atoms with E-state index >= 15 is 0 Å². The zero-order valence-electron chi connectivity index (χ0n) is 14.2. The summed E-state index contributed by atoms with van der Waals surface area (Å²) >= 11 is 0. The lowest BCUT2D eigenvalue weighted by atomic mass is 10.0. The minimum absolute atomic E-state index is 0.0356. The Morgan fingerprint density at radius 1 is 0.875 bits per heavy atom. The summed E-state index contributed by atoms with van der Waals surface area (Å²) < 4.78 is 0. The summed E-state index contributed by atoms with van der Waals surface area (Å²) in [6, 6.07) is 20.7. The normalized spacial score (nSPS) is 14.9. The van der Waals surface area contributed by atoms with Crippen LogP contribution in [0.15, 0.2) is 60.7 Å². The molecule has 2 aromatic carbocycles. The van der Waals surface area contributed by atoms with Crippen molar-refractivity contribution >= 4 is 11.1 Å². The van der Waals surface area contributed by atoms with Crippen LogP contribution in [0.2, 0.25) is 0 Å². The molecule has 1 nitrogen and oxygen atoms in total. The van der Waals surface area contributed by atoms with Crippen LogP contribution >= 0.6 is 0 Å². The van der Waals surface area contributed by atoms with E-state index in [0.717, 1.165) is 12.8 Å². The Bertz CT molecular complexity index is 697. The van der Waals surface area contributed by atoms with E-state index in [1.807, 2.05) is 36.4 Å². The number of hydrogen-bond donors (Lipinski definition) is 1. The lowest BCUT2D eigenvalue weighted by molar-refractivity contribution is 0.222. The Labute approximate surface area is 145 Å². The molecule has 24 heavy (non-hydrogen) atoms. The van der Waals surface area contributed by atoms with E-state index < -0.39 is 6.10 Å². The highest BCUT2D eigenvalue weighted by Gasteiger charge is 2.42. The van der Waals surface area contributed by atoms with E-state index in [2.05, 4.69) is 43.0 Å². The van der Waals surface area contributed by atoms with Crippen molar-refractivity contribution in [2.45, 2.75) is 38.7 Å². The Kier molecular flexibility index (Phi) is 5.51. The molecule has 0 aromatic heterocycles. The summed E-state index contributed by atoms with van der Waals surface area (Å²) in [5.74, 6) is 6.26. The van der Waals surface area contributed by atoms with Gasteiger partial charge >= 0.3 is 0 Å². The molecular formula is C23H24O. The number of unbranched alkanes of at least 4 members (excludes halogenated alkanes) is 3. The third-order valence-electron chi connectivity index (χ3n) is 4.47. The van der Waals surface area contributed by atoms with Gasteiger partial charge in [-0.2, -0.15) is 0 Å². The van der Waals surface area contributed by atoms with Gasteiger partial charge in [0.05, 0.1) is 0 Å². The molecule has 0 aliphatic heterocycles. The Morgan fingerprint density at radius 2 is 1.42 bits per heavy atom. The molecule has 0 amide bonds. The first-order valence-electron chi connectivity index (χ1n) is 8.84. The second-order valence-electron chi connectivity index (χ2n) is 6.26. The van der Waals surface area contributed by atoms with Crippen LogP contribution in [0.3, 0.4) is 0 Å². The second-order valence-corrected chi connectivity index (χ2v) is 6.26. The highest BCUT2D eigenvalue weighted by Crippen LogP contribution is 2.54. The average molecular weight is 316 g/mol. The molecule has 0 bridgehead atoms. The second kappa shape index (κ2) is 7.99. The molecule has 0 radical (unpaired) electrons. The topological polar surface area (TPSA) is 20.2 Å². The first-order chi connectivity index (χ1) is 11.8. The number of aliphatic hydroxyl groups is 1. The molecular weight excluding hydrogens is 292 g/mol. The van der Waals surface area contributed by atoms with Gasteiger partial charge in [-0.25, -0.2) is 0 Å².